The molecule has 7 nitrogen and oxygen atoms in total. The molecule has 1 N–H and O–H groups in total. The van der Waals surface area contributed by atoms with E-state index in [0.29, 0.717) is 35.5 Å². The van der Waals surface area contributed by atoms with E-state index in [0.717, 1.165) is 50.5 Å². The lowest BCUT2D eigenvalue weighted by Gasteiger charge is -2.17. The smallest absolute Gasteiger partial charge is 0.347 e. The highest BCUT2D eigenvalue weighted by Crippen LogP contribution is 2.34. The molecule has 0 heterocycles. The van der Waals surface area contributed by atoms with E-state index in [9.17, 15) is 14.7 Å². The Hall–Kier alpha value is -3.22. The molecule has 0 atom stereocenters. The summed E-state index contributed by atoms with van der Waals surface area (Å²) in [6.07, 6.45) is 9.52. The fourth-order valence-electron chi connectivity index (χ4n) is 4.30. The van der Waals surface area contributed by atoms with Crippen molar-refractivity contribution in [1.29, 1.82) is 0 Å². The Labute approximate surface area is 214 Å². The van der Waals surface area contributed by atoms with Gasteiger partial charge in [-0.05, 0) is 48.9 Å². The lowest BCUT2D eigenvalue weighted by molar-refractivity contribution is 0.0691. The number of unbranched alkanes of at least 4 members (excludes halogenated alkanes) is 6. The number of carboxylic acids is 1. The molecule has 0 fully saturated rings. The average molecular weight is 501 g/mol. The van der Waals surface area contributed by atoms with Crippen LogP contribution in [-0.2, 0) is 12.8 Å². The molecule has 2 rings (SSSR count). The number of ether oxygens (including phenoxy) is 4. The maximum Gasteiger partial charge on any atom is 0.347 e. The van der Waals surface area contributed by atoms with Gasteiger partial charge in [0.1, 0.15) is 34.1 Å². The maximum absolute atomic E-state index is 13.4. The maximum atomic E-state index is 13.4. The van der Waals surface area contributed by atoms with Gasteiger partial charge in [0.2, 0.25) is 0 Å². The molecule has 0 saturated heterocycles. The lowest BCUT2D eigenvalue weighted by atomic mass is 9.98. The number of esters is 1. The first-order valence-electron chi connectivity index (χ1n) is 12.8. The number of carbonyl (C=O) groups is 2. The summed E-state index contributed by atoms with van der Waals surface area (Å²) in [7, 11) is 4.49. The summed E-state index contributed by atoms with van der Waals surface area (Å²) in [5.41, 5.74) is 1.83. The Balaban J connectivity index is 2.41. The number of benzene rings is 2. The SMILES string of the molecule is CCCCCCCc1cc(OC)cc(OC)c1C(=O)Oc1cc(CCCCC)c(C(=O)O)c(OC)c1. The molecule has 0 amide bonds. The van der Waals surface area contributed by atoms with E-state index in [1.54, 1.807) is 19.2 Å². The Kier molecular flexibility index (Phi) is 12.1. The first-order valence-corrected chi connectivity index (χ1v) is 12.8. The minimum Gasteiger partial charge on any atom is -0.497 e. The van der Waals surface area contributed by atoms with Gasteiger partial charge in [0, 0.05) is 12.1 Å². The molecule has 0 unspecified atom stereocenters. The minimum absolute atomic E-state index is 0.100. The number of hydrogen-bond acceptors (Lipinski definition) is 6. The van der Waals surface area contributed by atoms with Crippen LogP contribution in [0.2, 0.25) is 0 Å². The second-order valence-electron chi connectivity index (χ2n) is 8.84. The summed E-state index contributed by atoms with van der Waals surface area (Å²) in [6, 6.07) is 6.59. The van der Waals surface area contributed by atoms with E-state index < -0.39 is 11.9 Å². The van der Waals surface area contributed by atoms with E-state index in [-0.39, 0.29) is 17.1 Å². The fourth-order valence-corrected chi connectivity index (χ4v) is 4.30. The van der Waals surface area contributed by atoms with Gasteiger partial charge in [-0.3, -0.25) is 0 Å². The Morgan fingerprint density at radius 1 is 0.667 bits per heavy atom. The van der Waals surface area contributed by atoms with Crippen LogP contribution in [0.15, 0.2) is 24.3 Å². The first-order chi connectivity index (χ1) is 17.4. The molecule has 2 aromatic rings. The van der Waals surface area contributed by atoms with E-state index in [1.165, 1.54) is 26.7 Å². The van der Waals surface area contributed by atoms with Gasteiger partial charge in [-0.1, -0.05) is 52.4 Å². The molecule has 36 heavy (non-hydrogen) atoms. The number of carbonyl (C=O) groups excluding carboxylic acids is 1. The summed E-state index contributed by atoms with van der Waals surface area (Å²) in [4.78, 5) is 25.4. The topological polar surface area (TPSA) is 91.3 Å². The Morgan fingerprint density at radius 2 is 1.17 bits per heavy atom. The summed E-state index contributed by atoms with van der Waals surface area (Å²) >= 11 is 0. The highest BCUT2D eigenvalue weighted by atomic mass is 16.5. The summed E-state index contributed by atoms with van der Waals surface area (Å²) in [6.45, 7) is 4.26. The molecule has 0 bridgehead atoms. The second-order valence-corrected chi connectivity index (χ2v) is 8.84. The third-order valence-electron chi connectivity index (χ3n) is 6.22. The third kappa shape index (κ3) is 7.90. The fraction of sp³-hybridized carbons (Fsp3) is 0.517. The number of carboxylic acid groups (broad SMARTS) is 1. The molecule has 0 saturated carbocycles. The molecular weight excluding hydrogens is 460 g/mol. The summed E-state index contributed by atoms with van der Waals surface area (Å²) < 4.78 is 22.1. The standard InChI is InChI=1S/C29H40O7/c1-6-8-10-11-13-15-21-16-22(33-3)18-25(35-5)27(21)29(32)36-23-17-20(14-12-9-7-2)26(28(30)31)24(19-23)34-4/h16-19H,6-15H2,1-5H3,(H,30,31). The zero-order chi connectivity index (χ0) is 26.5. The van der Waals surface area contributed by atoms with Crippen molar-refractivity contribution in [2.45, 2.75) is 78.1 Å². The molecule has 0 aromatic heterocycles. The average Bonchev–Trinajstić information content (AvgIpc) is 2.87. The molecular formula is C29H40O7. The van der Waals surface area contributed by atoms with Crippen molar-refractivity contribution >= 4 is 11.9 Å². The quantitative estimate of drug-likeness (QED) is 0.153. The number of rotatable bonds is 16. The van der Waals surface area contributed by atoms with Gasteiger partial charge in [-0.15, -0.1) is 0 Å². The van der Waals surface area contributed by atoms with E-state index in [2.05, 4.69) is 13.8 Å². The monoisotopic (exact) mass is 500 g/mol. The number of hydrogen-bond donors (Lipinski definition) is 1. The summed E-state index contributed by atoms with van der Waals surface area (Å²) in [5.74, 6) is -0.254. The van der Waals surface area contributed by atoms with Gasteiger partial charge in [-0.25, -0.2) is 9.59 Å². The largest absolute Gasteiger partial charge is 0.497 e. The predicted molar refractivity (Wildman–Crippen MR) is 140 cm³/mol. The van der Waals surface area contributed by atoms with Crippen LogP contribution in [-0.4, -0.2) is 38.4 Å². The van der Waals surface area contributed by atoms with Gasteiger partial charge in [0.25, 0.3) is 0 Å². The van der Waals surface area contributed by atoms with E-state index in [4.69, 9.17) is 18.9 Å². The molecule has 198 valence electrons. The van der Waals surface area contributed by atoms with E-state index >= 15 is 0 Å². The van der Waals surface area contributed by atoms with Crippen molar-refractivity contribution in [3.05, 3.63) is 46.5 Å². The highest BCUT2D eigenvalue weighted by Gasteiger charge is 2.24. The van der Waals surface area contributed by atoms with Crippen molar-refractivity contribution in [3.63, 3.8) is 0 Å². The molecule has 0 aliphatic heterocycles. The van der Waals surface area contributed by atoms with Gasteiger partial charge in [0.05, 0.1) is 21.3 Å². The Morgan fingerprint density at radius 3 is 1.75 bits per heavy atom. The first kappa shape index (κ1) is 29.0. The number of aryl methyl sites for hydroxylation is 2. The molecule has 2 aromatic carbocycles. The Bertz CT molecular complexity index is 1010. The van der Waals surface area contributed by atoms with Crippen LogP contribution in [0, 0.1) is 0 Å². The van der Waals surface area contributed by atoms with Gasteiger partial charge in [0.15, 0.2) is 0 Å². The lowest BCUT2D eigenvalue weighted by Crippen LogP contribution is -2.15. The second kappa shape index (κ2) is 15.0. The van der Waals surface area contributed by atoms with Gasteiger partial charge < -0.3 is 24.1 Å². The molecule has 7 heteroatoms. The van der Waals surface area contributed by atoms with Crippen LogP contribution in [0.5, 0.6) is 23.0 Å². The zero-order valence-corrected chi connectivity index (χ0v) is 22.3. The van der Waals surface area contributed by atoms with Crippen LogP contribution in [0.1, 0.15) is 97.1 Å². The number of aromatic carboxylic acids is 1. The highest BCUT2D eigenvalue weighted by molar-refractivity contribution is 5.97. The van der Waals surface area contributed by atoms with Crippen molar-refractivity contribution in [1.82, 2.24) is 0 Å². The van der Waals surface area contributed by atoms with Crippen LogP contribution in [0.3, 0.4) is 0 Å². The van der Waals surface area contributed by atoms with Crippen molar-refractivity contribution < 1.29 is 33.6 Å². The molecule has 0 radical (unpaired) electrons. The number of methoxy groups -OCH3 is 3. The third-order valence-corrected chi connectivity index (χ3v) is 6.22. The predicted octanol–water partition coefficient (Wildman–Crippen LogP) is 6.88. The van der Waals surface area contributed by atoms with E-state index in [1.807, 2.05) is 6.07 Å². The molecule has 0 aliphatic rings. The van der Waals surface area contributed by atoms with Gasteiger partial charge in [-0.2, -0.15) is 0 Å². The minimum atomic E-state index is -1.07. The van der Waals surface area contributed by atoms with Crippen molar-refractivity contribution in [2.24, 2.45) is 0 Å². The van der Waals surface area contributed by atoms with Crippen LogP contribution < -0.4 is 18.9 Å². The summed E-state index contributed by atoms with van der Waals surface area (Å²) in [5, 5.41) is 9.76. The van der Waals surface area contributed by atoms with Crippen LogP contribution >= 0.6 is 0 Å². The van der Waals surface area contributed by atoms with Gasteiger partial charge >= 0.3 is 11.9 Å². The molecule has 0 spiro atoms. The molecule has 0 aliphatic carbocycles. The van der Waals surface area contributed by atoms with Crippen molar-refractivity contribution in [3.8, 4) is 23.0 Å². The van der Waals surface area contributed by atoms with Crippen LogP contribution in [0.4, 0.5) is 0 Å². The van der Waals surface area contributed by atoms with Crippen LogP contribution in [0.25, 0.3) is 0 Å². The normalized spacial score (nSPS) is 10.7. The zero-order valence-electron chi connectivity index (χ0n) is 22.3. The van der Waals surface area contributed by atoms with Crippen molar-refractivity contribution in [2.75, 3.05) is 21.3 Å².